The Labute approximate surface area is 112 Å². The lowest BCUT2D eigenvalue weighted by Crippen LogP contribution is -2.62. The molecule has 0 N–H and O–H groups in total. The van der Waals surface area contributed by atoms with E-state index in [9.17, 15) is 14.3 Å². The third kappa shape index (κ3) is 1.37. The zero-order valence-electron chi connectivity index (χ0n) is 10.0. The van der Waals surface area contributed by atoms with Crippen molar-refractivity contribution in [3.8, 4) is 0 Å². The SMILES string of the molecule is O=[N+]([O-])c1ccc(N2C3C4C=CC(C4)C3S2=O)cc1. The second-order valence-electron chi connectivity index (χ2n) is 5.28. The normalized spacial score (nSPS) is 38.1. The van der Waals surface area contributed by atoms with E-state index in [0.29, 0.717) is 17.9 Å². The molecule has 0 spiro atoms. The van der Waals surface area contributed by atoms with Crippen LogP contribution in [-0.4, -0.2) is 20.4 Å². The van der Waals surface area contributed by atoms with Crippen molar-refractivity contribution in [2.45, 2.75) is 17.7 Å². The standard InChI is InChI=1S/C13H12N2O3S/c16-15(17)11-5-3-10(4-6-11)14-12-8-1-2-9(7-8)13(12)19(14)18/h1-6,8-9,12-13H,7H2. The molecule has 5 atom stereocenters. The van der Waals surface area contributed by atoms with Crippen LogP contribution in [0.15, 0.2) is 36.4 Å². The van der Waals surface area contributed by atoms with Crippen molar-refractivity contribution in [1.82, 2.24) is 0 Å². The van der Waals surface area contributed by atoms with Crippen LogP contribution in [-0.2, 0) is 11.0 Å². The van der Waals surface area contributed by atoms with Crippen molar-refractivity contribution in [2.24, 2.45) is 11.8 Å². The maximum absolute atomic E-state index is 12.3. The third-order valence-corrected chi connectivity index (χ3v) is 6.30. The molecular formula is C13H12N2O3S. The average Bonchev–Trinajstić information content (AvgIpc) is 2.96. The summed E-state index contributed by atoms with van der Waals surface area (Å²) >= 11 is 0. The second-order valence-corrected chi connectivity index (χ2v) is 6.77. The minimum absolute atomic E-state index is 0.0689. The van der Waals surface area contributed by atoms with E-state index < -0.39 is 15.9 Å². The maximum Gasteiger partial charge on any atom is 0.269 e. The second kappa shape index (κ2) is 3.66. The highest BCUT2D eigenvalue weighted by atomic mass is 32.2. The molecule has 2 fully saturated rings. The maximum atomic E-state index is 12.3. The molecule has 1 saturated carbocycles. The zero-order valence-corrected chi connectivity index (χ0v) is 10.8. The fourth-order valence-electron chi connectivity index (χ4n) is 3.51. The number of fused-ring (bicyclic) bond motifs is 5. The molecule has 4 rings (SSSR count). The monoisotopic (exact) mass is 276 g/mol. The van der Waals surface area contributed by atoms with Crippen LogP contribution in [0.25, 0.3) is 0 Å². The Kier molecular flexibility index (Phi) is 2.15. The van der Waals surface area contributed by atoms with Crippen molar-refractivity contribution < 1.29 is 9.13 Å². The number of benzene rings is 1. The molecule has 19 heavy (non-hydrogen) atoms. The summed E-state index contributed by atoms with van der Waals surface area (Å²) in [7, 11) is -0.991. The van der Waals surface area contributed by atoms with Crippen molar-refractivity contribution >= 4 is 22.4 Å². The van der Waals surface area contributed by atoms with Crippen LogP contribution in [0.4, 0.5) is 11.4 Å². The summed E-state index contributed by atoms with van der Waals surface area (Å²) in [5.41, 5.74) is 0.894. The van der Waals surface area contributed by atoms with E-state index in [2.05, 4.69) is 12.2 Å². The summed E-state index contributed by atoms with van der Waals surface area (Å²) < 4.78 is 14.2. The number of nitro groups is 1. The van der Waals surface area contributed by atoms with Gasteiger partial charge in [0.2, 0.25) is 0 Å². The van der Waals surface area contributed by atoms with Gasteiger partial charge in [-0.15, -0.1) is 0 Å². The summed E-state index contributed by atoms with van der Waals surface area (Å²) in [5, 5.41) is 10.9. The van der Waals surface area contributed by atoms with E-state index in [-0.39, 0.29) is 10.9 Å². The molecule has 98 valence electrons. The lowest BCUT2D eigenvalue weighted by atomic mass is 10.00. The van der Waals surface area contributed by atoms with E-state index in [1.165, 1.54) is 12.1 Å². The van der Waals surface area contributed by atoms with Crippen LogP contribution in [0.1, 0.15) is 6.42 Å². The average molecular weight is 276 g/mol. The highest BCUT2D eigenvalue weighted by molar-refractivity contribution is 7.88. The summed E-state index contributed by atoms with van der Waals surface area (Å²) in [6.07, 6.45) is 5.52. The topological polar surface area (TPSA) is 63.5 Å². The molecule has 6 heteroatoms. The molecule has 5 unspecified atom stereocenters. The minimum atomic E-state index is -0.991. The number of nitro benzene ring substituents is 1. The lowest BCUT2D eigenvalue weighted by Gasteiger charge is -2.48. The molecule has 0 amide bonds. The predicted octanol–water partition coefficient (Wildman–Crippen LogP) is 2.02. The van der Waals surface area contributed by atoms with Crippen LogP contribution >= 0.6 is 0 Å². The Bertz CT molecular complexity index is 613. The molecule has 0 radical (unpaired) electrons. The smallest absolute Gasteiger partial charge is 0.269 e. The highest BCUT2D eigenvalue weighted by Crippen LogP contribution is 2.52. The van der Waals surface area contributed by atoms with Gasteiger partial charge >= 0.3 is 0 Å². The molecule has 1 aromatic carbocycles. The first-order valence-corrected chi connectivity index (χ1v) is 7.46. The van der Waals surface area contributed by atoms with Gasteiger partial charge in [-0.05, 0) is 24.5 Å². The molecule has 2 aliphatic carbocycles. The van der Waals surface area contributed by atoms with Gasteiger partial charge in [0, 0.05) is 18.1 Å². The number of nitrogens with zero attached hydrogens (tertiary/aromatic N) is 2. The quantitative estimate of drug-likeness (QED) is 0.471. The number of hydrogen-bond donors (Lipinski definition) is 0. The van der Waals surface area contributed by atoms with Crippen LogP contribution in [0, 0.1) is 22.0 Å². The number of hydrogen-bond acceptors (Lipinski definition) is 3. The number of non-ortho nitro benzene ring substituents is 1. The number of allylic oxidation sites excluding steroid dienone is 1. The van der Waals surface area contributed by atoms with Crippen molar-refractivity contribution in [3.63, 3.8) is 0 Å². The molecule has 0 aromatic heterocycles. The van der Waals surface area contributed by atoms with E-state index in [4.69, 9.17) is 0 Å². The summed E-state index contributed by atoms with van der Waals surface area (Å²) in [5.74, 6) is 0.952. The van der Waals surface area contributed by atoms with Gasteiger partial charge in [-0.2, -0.15) is 0 Å². The van der Waals surface area contributed by atoms with Crippen LogP contribution in [0.2, 0.25) is 0 Å². The van der Waals surface area contributed by atoms with Gasteiger partial charge in [-0.3, -0.25) is 14.4 Å². The van der Waals surface area contributed by atoms with E-state index >= 15 is 0 Å². The van der Waals surface area contributed by atoms with Gasteiger partial charge in [-0.25, -0.2) is 4.21 Å². The molecule has 5 nitrogen and oxygen atoms in total. The Balaban J connectivity index is 1.65. The van der Waals surface area contributed by atoms with Gasteiger partial charge in [0.15, 0.2) is 0 Å². The molecule has 1 aliphatic heterocycles. The summed E-state index contributed by atoms with van der Waals surface area (Å²) in [6, 6.07) is 6.66. The number of rotatable bonds is 2. The molecule has 1 aromatic rings. The first kappa shape index (κ1) is 11.2. The largest absolute Gasteiger partial charge is 0.287 e. The zero-order chi connectivity index (χ0) is 13.1. The predicted molar refractivity (Wildman–Crippen MR) is 72.0 cm³/mol. The van der Waals surface area contributed by atoms with Crippen LogP contribution < -0.4 is 4.31 Å². The first-order chi connectivity index (χ1) is 9.16. The Morgan fingerprint density at radius 3 is 2.58 bits per heavy atom. The molecule has 2 bridgehead atoms. The Morgan fingerprint density at radius 2 is 1.89 bits per heavy atom. The fraction of sp³-hybridized carbons (Fsp3) is 0.385. The van der Waals surface area contributed by atoms with E-state index in [0.717, 1.165) is 12.1 Å². The lowest BCUT2D eigenvalue weighted by molar-refractivity contribution is -0.384. The van der Waals surface area contributed by atoms with Crippen molar-refractivity contribution in [2.75, 3.05) is 4.31 Å². The van der Waals surface area contributed by atoms with E-state index in [1.54, 1.807) is 12.1 Å². The molecule has 3 aliphatic rings. The molecule has 1 saturated heterocycles. The molecular weight excluding hydrogens is 264 g/mol. The van der Waals surface area contributed by atoms with Gasteiger partial charge < -0.3 is 0 Å². The summed E-state index contributed by atoms with van der Waals surface area (Å²) in [4.78, 5) is 10.2. The highest BCUT2D eigenvalue weighted by Gasteiger charge is 2.60. The number of anilines is 1. The molecule has 1 heterocycles. The van der Waals surface area contributed by atoms with Crippen molar-refractivity contribution in [1.29, 1.82) is 0 Å². The third-order valence-electron chi connectivity index (χ3n) is 4.36. The van der Waals surface area contributed by atoms with Crippen LogP contribution in [0.5, 0.6) is 0 Å². The fourth-order valence-corrected chi connectivity index (χ4v) is 5.50. The van der Waals surface area contributed by atoms with Crippen LogP contribution in [0.3, 0.4) is 0 Å². The van der Waals surface area contributed by atoms with Crippen molar-refractivity contribution in [3.05, 3.63) is 46.5 Å². The Morgan fingerprint density at radius 1 is 1.21 bits per heavy atom. The van der Waals surface area contributed by atoms with Gasteiger partial charge in [0.05, 0.1) is 21.9 Å². The van der Waals surface area contributed by atoms with Gasteiger partial charge in [0.1, 0.15) is 11.0 Å². The van der Waals surface area contributed by atoms with Gasteiger partial charge in [-0.1, -0.05) is 12.2 Å². The van der Waals surface area contributed by atoms with Gasteiger partial charge in [0.25, 0.3) is 5.69 Å². The van der Waals surface area contributed by atoms with E-state index in [1.807, 2.05) is 4.31 Å². The first-order valence-electron chi connectivity index (χ1n) is 6.29. The Hall–Kier alpha value is -1.69. The summed E-state index contributed by atoms with van der Waals surface area (Å²) in [6.45, 7) is 0. The minimum Gasteiger partial charge on any atom is -0.287 e.